The van der Waals surface area contributed by atoms with Gasteiger partial charge < -0.3 is 4.40 Å². The van der Waals surface area contributed by atoms with E-state index in [-0.39, 0.29) is 5.92 Å². The van der Waals surface area contributed by atoms with Crippen LogP contribution < -0.4 is 0 Å². The molecule has 1 unspecified atom stereocenters. The van der Waals surface area contributed by atoms with Gasteiger partial charge in [0.05, 0.1) is 11.0 Å². The number of hydrogen-bond acceptors (Lipinski definition) is 0. The monoisotopic (exact) mass is 525 g/mol. The van der Waals surface area contributed by atoms with Crippen LogP contribution in [0.3, 0.4) is 0 Å². The second kappa shape index (κ2) is 10.4. The van der Waals surface area contributed by atoms with Crippen LogP contribution in [0.5, 0.6) is 0 Å². The number of allylic oxidation sites excluding steroid dienone is 6. The molecule has 1 aliphatic rings. The summed E-state index contributed by atoms with van der Waals surface area (Å²) in [6.07, 6.45) is 9.27. The van der Waals surface area contributed by atoms with Crippen molar-refractivity contribution in [3.8, 4) is 0 Å². The van der Waals surface area contributed by atoms with Gasteiger partial charge in [0.25, 0.3) is 0 Å². The second-order valence-electron chi connectivity index (χ2n) is 10.8. The van der Waals surface area contributed by atoms with Crippen LogP contribution in [0.25, 0.3) is 39.2 Å². The van der Waals surface area contributed by atoms with Gasteiger partial charge in [-0.15, -0.1) is 0 Å². The quantitative estimate of drug-likeness (QED) is 0.191. The number of aromatic nitrogens is 1. The first-order valence-electron chi connectivity index (χ1n) is 14.2. The van der Waals surface area contributed by atoms with Crippen molar-refractivity contribution in [2.75, 3.05) is 0 Å². The van der Waals surface area contributed by atoms with Gasteiger partial charge in [-0.05, 0) is 81.3 Å². The summed E-state index contributed by atoms with van der Waals surface area (Å²) in [5.74, 6) is 0.0412. The number of nitrogens with zero attached hydrogens (tertiary/aromatic N) is 1. The van der Waals surface area contributed by atoms with Gasteiger partial charge in [-0.1, -0.05) is 128 Å². The third-order valence-electron chi connectivity index (χ3n) is 8.19. The minimum absolute atomic E-state index is 0.0412. The average Bonchev–Trinajstić information content (AvgIpc) is 3.61. The van der Waals surface area contributed by atoms with Crippen LogP contribution in [0.2, 0.25) is 0 Å². The Bertz CT molecular complexity index is 1980. The minimum atomic E-state index is 0.0412. The van der Waals surface area contributed by atoms with Gasteiger partial charge in [0.1, 0.15) is 0 Å². The number of rotatable bonds is 6. The molecule has 0 saturated heterocycles. The van der Waals surface area contributed by atoms with Gasteiger partial charge in [0.15, 0.2) is 0 Å². The number of hydrogen-bond donors (Lipinski definition) is 0. The highest BCUT2D eigenvalue weighted by Gasteiger charge is 2.31. The predicted molar refractivity (Wildman–Crippen MR) is 176 cm³/mol. The summed E-state index contributed by atoms with van der Waals surface area (Å²) < 4.78 is 2.35. The van der Waals surface area contributed by atoms with E-state index in [1.165, 1.54) is 55.4 Å². The van der Waals surface area contributed by atoms with Crippen molar-refractivity contribution in [1.29, 1.82) is 0 Å². The van der Waals surface area contributed by atoms with E-state index in [1.54, 1.807) is 0 Å². The lowest BCUT2D eigenvalue weighted by Crippen LogP contribution is -2.05. The summed E-state index contributed by atoms with van der Waals surface area (Å²) in [7, 11) is 0. The molecule has 1 atom stereocenters. The molecular formula is C40H31N. The Hall–Kier alpha value is -5.14. The molecule has 0 fully saturated rings. The third kappa shape index (κ3) is 4.56. The standard InChI is InChI=1S/C40H31N/c1-28(30-14-6-3-7-15-30)24-35(25-29(2)31-16-8-4-9-17-31)39-36(32-18-10-5-11-19-32)26-34-22-23-41-37-21-13-12-20-33(37)27-38(41)40(34)39/h3-27,39H,1H2,2H3/b29-25+,35-24+. The van der Waals surface area contributed by atoms with Crippen LogP contribution in [-0.2, 0) is 0 Å². The van der Waals surface area contributed by atoms with Crippen LogP contribution >= 0.6 is 0 Å². The largest absolute Gasteiger partial charge is 0.316 e. The maximum atomic E-state index is 4.54. The molecule has 4 aromatic carbocycles. The zero-order valence-corrected chi connectivity index (χ0v) is 23.2. The van der Waals surface area contributed by atoms with E-state index >= 15 is 0 Å². The Labute approximate surface area is 241 Å². The normalized spacial score (nSPS) is 15.2. The molecule has 0 aliphatic heterocycles. The van der Waals surface area contributed by atoms with Gasteiger partial charge in [-0.25, -0.2) is 0 Å². The van der Waals surface area contributed by atoms with Crippen molar-refractivity contribution in [3.05, 3.63) is 186 Å². The first kappa shape index (κ1) is 24.9. The number of para-hydroxylation sites is 1. The van der Waals surface area contributed by atoms with E-state index in [4.69, 9.17) is 0 Å². The molecule has 2 aromatic heterocycles. The molecule has 1 nitrogen and oxygen atoms in total. The van der Waals surface area contributed by atoms with Gasteiger partial charge in [0, 0.05) is 17.5 Å². The minimum Gasteiger partial charge on any atom is -0.316 e. The van der Waals surface area contributed by atoms with E-state index in [9.17, 15) is 0 Å². The first-order chi connectivity index (χ1) is 20.2. The molecule has 0 amide bonds. The molecule has 0 N–H and O–H groups in total. The molecule has 2 heterocycles. The molecule has 0 bridgehead atoms. The first-order valence-corrected chi connectivity index (χ1v) is 14.2. The summed E-state index contributed by atoms with van der Waals surface area (Å²) in [5.41, 5.74) is 13.4. The highest BCUT2D eigenvalue weighted by atomic mass is 14.9. The summed E-state index contributed by atoms with van der Waals surface area (Å²) >= 11 is 0. The van der Waals surface area contributed by atoms with Crippen molar-refractivity contribution in [1.82, 2.24) is 4.40 Å². The maximum absolute atomic E-state index is 4.54. The Kier molecular flexibility index (Phi) is 6.34. The SMILES string of the molecule is C=C(/C=C(\C=C(/C)c1ccccc1)C1C(c2ccccc2)=Cc2ccn3c(cc4ccccc43)c21)c1ccccc1. The van der Waals surface area contributed by atoms with Gasteiger partial charge in [-0.3, -0.25) is 0 Å². The summed E-state index contributed by atoms with van der Waals surface area (Å²) in [6, 6.07) is 45.2. The van der Waals surface area contributed by atoms with Gasteiger partial charge in [-0.2, -0.15) is 0 Å². The van der Waals surface area contributed by atoms with Gasteiger partial charge in [0.2, 0.25) is 0 Å². The number of fused-ring (bicyclic) bond motifs is 5. The third-order valence-corrected chi connectivity index (χ3v) is 8.19. The highest BCUT2D eigenvalue weighted by Crippen LogP contribution is 2.49. The van der Waals surface area contributed by atoms with Crippen molar-refractivity contribution in [2.45, 2.75) is 12.8 Å². The summed E-state index contributed by atoms with van der Waals surface area (Å²) in [5, 5.41) is 1.25. The molecule has 6 aromatic rings. The Morgan fingerprint density at radius 1 is 0.683 bits per heavy atom. The zero-order chi connectivity index (χ0) is 27.8. The Morgan fingerprint density at radius 2 is 1.32 bits per heavy atom. The van der Waals surface area contributed by atoms with E-state index in [0.29, 0.717) is 0 Å². The molecule has 1 heteroatoms. The van der Waals surface area contributed by atoms with Crippen LogP contribution in [0.4, 0.5) is 0 Å². The predicted octanol–water partition coefficient (Wildman–Crippen LogP) is 10.5. The Balaban J connectivity index is 1.50. The van der Waals surface area contributed by atoms with E-state index in [0.717, 1.165) is 11.1 Å². The number of pyridine rings is 1. The average molecular weight is 526 g/mol. The van der Waals surface area contributed by atoms with Gasteiger partial charge >= 0.3 is 0 Å². The fraction of sp³-hybridized carbons (Fsp3) is 0.0500. The van der Waals surface area contributed by atoms with Crippen LogP contribution in [-0.4, -0.2) is 4.40 Å². The van der Waals surface area contributed by atoms with Crippen molar-refractivity contribution < 1.29 is 0 Å². The number of benzene rings is 4. The van der Waals surface area contributed by atoms with Crippen LogP contribution in [0, 0.1) is 0 Å². The van der Waals surface area contributed by atoms with Crippen LogP contribution in [0.15, 0.2) is 158 Å². The summed E-state index contributed by atoms with van der Waals surface area (Å²) in [6.45, 7) is 6.75. The second-order valence-corrected chi connectivity index (χ2v) is 10.8. The lowest BCUT2D eigenvalue weighted by molar-refractivity contribution is 1.06. The van der Waals surface area contributed by atoms with E-state index < -0.39 is 0 Å². The molecule has 0 saturated carbocycles. The molecule has 1 aliphatic carbocycles. The van der Waals surface area contributed by atoms with Crippen molar-refractivity contribution in [3.63, 3.8) is 0 Å². The molecule has 0 radical (unpaired) electrons. The fourth-order valence-electron chi connectivity index (χ4n) is 6.19. The highest BCUT2D eigenvalue weighted by molar-refractivity contribution is 6.00. The molecule has 41 heavy (non-hydrogen) atoms. The smallest absolute Gasteiger partial charge is 0.0528 e. The Morgan fingerprint density at radius 3 is 2.05 bits per heavy atom. The van der Waals surface area contributed by atoms with E-state index in [1.807, 2.05) is 0 Å². The lowest BCUT2D eigenvalue weighted by atomic mass is 9.82. The zero-order valence-electron chi connectivity index (χ0n) is 23.2. The molecule has 7 rings (SSSR count). The molecular weight excluding hydrogens is 494 g/mol. The van der Waals surface area contributed by atoms with Crippen molar-refractivity contribution >= 4 is 39.2 Å². The molecule has 196 valence electrons. The summed E-state index contributed by atoms with van der Waals surface area (Å²) in [4.78, 5) is 0. The fourth-order valence-corrected chi connectivity index (χ4v) is 6.19. The van der Waals surface area contributed by atoms with Crippen LogP contribution in [0.1, 0.15) is 40.7 Å². The molecule has 0 spiro atoms. The topological polar surface area (TPSA) is 4.41 Å². The maximum Gasteiger partial charge on any atom is 0.0528 e. The van der Waals surface area contributed by atoms with E-state index in [2.05, 4.69) is 170 Å². The van der Waals surface area contributed by atoms with Crippen molar-refractivity contribution in [2.24, 2.45) is 0 Å². The lowest BCUT2D eigenvalue weighted by Gasteiger charge is -2.22.